The number of alkyl halides is 3. The van der Waals surface area contributed by atoms with Gasteiger partial charge in [0.05, 0.1) is 16.5 Å². The SMILES string of the molecule is CC(Sc1nnc(C2CC2)n1C1CC1)C(=O)Nc1ccc(Cl)cc1C(F)(F)F. The minimum Gasteiger partial charge on any atom is -0.325 e. The summed E-state index contributed by atoms with van der Waals surface area (Å²) in [5, 5.41) is 10.9. The zero-order chi connectivity index (χ0) is 20.1. The van der Waals surface area contributed by atoms with Crippen molar-refractivity contribution in [2.75, 3.05) is 5.32 Å². The van der Waals surface area contributed by atoms with E-state index in [4.69, 9.17) is 11.6 Å². The van der Waals surface area contributed by atoms with Crippen molar-refractivity contribution in [3.05, 3.63) is 34.6 Å². The zero-order valence-electron chi connectivity index (χ0n) is 15.0. The fourth-order valence-electron chi connectivity index (χ4n) is 2.97. The molecule has 1 amide bonds. The fraction of sp³-hybridized carbons (Fsp3) is 0.500. The molecule has 1 aromatic carbocycles. The van der Waals surface area contributed by atoms with Gasteiger partial charge in [0.1, 0.15) is 5.82 Å². The average Bonchev–Trinajstić information content (AvgIpc) is 3.54. The number of carbonyl (C=O) groups excluding carboxylic acids is 1. The van der Waals surface area contributed by atoms with Gasteiger partial charge in [0, 0.05) is 17.0 Å². The van der Waals surface area contributed by atoms with Crippen LogP contribution in [0.2, 0.25) is 5.02 Å². The number of anilines is 1. The molecular weight excluding hydrogens is 413 g/mol. The highest BCUT2D eigenvalue weighted by molar-refractivity contribution is 8.00. The maximum Gasteiger partial charge on any atom is 0.418 e. The number of aromatic nitrogens is 3. The molecular formula is C18H18ClF3N4OS. The first-order valence-corrected chi connectivity index (χ1v) is 10.3. The van der Waals surface area contributed by atoms with E-state index in [1.807, 2.05) is 0 Å². The highest BCUT2D eigenvalue weighted by Crippen LogP contribution is 2.46. The molecule has 10 heteroatoms. The normalized spacial score (nSPS) is 18.2. The van der Waals surface area contributed by atoms with Crippen molar-refractivity contribution in [2.45, 2.75) is 61.1 Å². The van der Waals surface area contributed by atoms with E-state index in [2.05, 4.69) is 20.1 Å². The van der Waals surface area contributed by atoms with Crippen molar-refractivity contribution >= 4 is 35.0 Å². The molecule has 2 aromatic rings. The van der Waals surface area contributed by atoms with E-state index in [1.165, 1.54) is 23.9 Å². The maximum absolute atomic E-state index is 13.2. The van der Waals surface area contributed by atoms with Crippen molar-refractivity contribution in [1.29, 1.82) is 0 Å². The van der Waals surface area contributed by atoms with E-state index in [1.54, 1.807) is 6.92 Å². The zero-order valence-corrected chi connectivity index (χ0v) is 16.5. The Kier molecular flexibility index (Phi) is 5.07. The van der Waals surface area contributed by atoms with Gasteiger partial charge in [-0.1, -0.05) is 23.4 Å². The number of nitrogens with zero attached hydrogens (tertiary/aromatic N) is 3. The Morgan fingerprint density at radius 3 is 2.61 bits per heavy atom. The number of benzene rings is 1. The number of halogens is 4. The van der Waals surface area contributed by atoms with E-state index in [0.29, 0.717) is 17.1 Å². The van der Waals surface area contributed by atoms with Crippen LogP contribution in [-0.2, 0) is 11.0 Å². The lowest BCUT2D eigenvalue weighted by Crippen LogP contribution is -2.24. The Morgan fingerprint density at radius 2 is 2.00 bits per heavy atom. The van der Waals surface area contributed by atoms with Crippen LogP contribution in [0.15, 0.2) is 23.4 Å². The van der Waals surface area contributed by atoms with Gasteiger partial charge in [-0.3, -0.25) is 4.79 Å². The molecule has 0 aliphatic heterocycles. The molecule has 0 saturated heterocycles. The molecule has 5 nitrogen and oxygen atoms in total. The standard InChI is InChI=1S/C18H18ClF3N4OS/c1-9(16(27)23-14-7-4-11(19)8-13(14)18(20,21)22)28-17-25-24-15(10-2-3-10)26(17)12-5-6-12/h4,7-10,12H,2-3,5-6H2,1H3,(H,23,27). The van der Waals surface area contributed by atoms with Crippen LogP contribution in [0.4, 0.5) is 18.9 Å². The third kappa shape index (κ3) is 4.15. The molecule has 28 heavy (non-hydrogen) atoms. The average molecular weight is 431 g/mol. The summed E-state index contributed by atoms with van der Waals surface area (Å²) in [6, 6.07) is 3.66. The fourth-order valence-corrected chi connectivity index (χ4v) is 4.07. The summed E-state index contributed by atoms with van der Waals surface area (Å²) in [5.41, 5.74) is -1.28. The minimum absolute atomic E-state index is 0.0436. The molecule has 0 radical (unpaired) electrons. The summed E-state index contributed by atoms with van der Waals surface area (Å²) in [6.07, 6.45) is -0.295. The quantitative estimate of drug-likeness (QED) is 0.633. The number of rotatable bonds is 6. The van der Waals surface area contributed by atoms with Crippen LogP contribution < -0.4 is 5.32 Å². The second-order valence-corrected chi connectivity index (χ2v) is 8.90. The van der Waals surface area contributed by atoms with Crippen LogP contribution in [-0.4, -0.2) is 25.9 Å². The summed E-state index contributed by atoms with van der Waals surface area (Å²) in [5.74, 6) is 0.876. The number of hydrogen-bond donors (Lipinski definition) is 1. The topological polar surface area (TPSA) is 59.8 Å². The van der Waals surface area contributed by atoms with Crippen LogP contribution in [0.25, 0.3) is 0 Å². The predicted molar refractivity (Wildman–Crippen MR) is 101 cm³/mol. The number of amides is 1. The molecule has 2 aliphatic rings. The van der Waals surface area contributed by atoms with Crippen LogP contribution in [0.3, 0.4) is 0 Å². The van der Waals surface area contributed by atoms with Crippen LogP contribution >= 0.6 is 23.4 Å². The van der Waals surface area contributed by atoms with Crippen LogP contribution in [0.5, 0.6) is 0 Å². The molecule has 1 heterocycles. The van der Waals surface area contributed by atoms with E-state index in [-0.39, 0.29) is 10.7 Å². The van der Waals surface area contributed by atoms with E-state index < -0.39 is 22.9 Å². The Bertz CT molecular complexity index is 909. The summed E-state index contributed by atoms with van der Waals surface area (Å²) < 4.78 is 41.8. The van der Waals surface area contributed by atoms with Gasteiger partial charge in [-0.15, -0.1) is 10.2 Å². The Morgan fingerprint density at radius 1 is 1.29 bits per heavy atom. The van der Waals surface area contributed by atoms with Crippen molar-refractivity contribution in [1.82, 2.24) is 14.8 Å². The molecule has 0 bridgehead atoms. The van der Waals surface area contributed by atoms with Gasteiger partial charge < -0.3 is 9.88 Å². The Labute approximate surface area is 169 Å². The molecule has 1 atom stereocenters. The molecule has 1 aromatic heterocycles. The number of hydrogen-bond acceptors (Lipinski definition) is 4. The second kappa shape index (κ2) is 7.26. The molecule has 0 spiro atoms. The van der Waals surface area contributed by atoms with Crippen molar-refractivity contribution < 1.29 is 18.0 Å². The lowest BCUT2D eigenvalue weighted by molar-refractivity contribution is -0.137. The predicted octanol–water partition coefficient (Wildman–Crippen LogP) is 5.28. The first-order chi connectivity index (χ1) is 13.2. The molecule has 150 valence electrons. The van der Waals surface area contributed by atoms with Crippen molar-refractivity contribution in [3.63, 3.8) is 0 Å². The van der Waals surface area contributed by atoms with Gasteiger partial charge in [-0.25, -0.2) is 0 Å². The number of carbonyl (C=O) groups is 1. The van der Waals surface area contributed by atoms with E-state index in [0.717, 1.165) is 37.6 Å². The highest BCUT2D eigenvalue weighted by Gasteiger charge is 2.37. The number of nitrogens with one attached hydrogen (secondary N) is 1. The molecule has 2 aliphatic carbocycles. The van der Waals surface area contributed by atoms with Gasteiger partial charge in [0.15, 0.2) is 5.16 Å². The Hall–Kier alpha value is -1.74. The summed E-state index contributed by atoms with van der Waals surface area (Å²) in [7, 11) is 0. The molecule has 1 N–H and O–H groups in total. The van der Waals surface area contributed by atoms with E-state index in [9.17, 15) is 18.0 Å². The van der Waals surface area contributed by atoms with Gasteiger partial charge in [-0.2, -0.15) is 13.2 Å². The molecule has 2 fully saturated rings. The Balaban J connectivity index is 1.50. The smallest absolute Gasteiger partial charge is 0.325 e. The van der Waals surface area contributed by atoms with Crippen molar-refractivity contribution in [2.24, 2.45) is 0 Å². The lowest BCUT2D eigenvalue weighted by Gasteiger charge is -2.17. The maximum atomic E-state index is 13.2. The van der Waals surface area contributed by atoms with Gasteiger partial charge >= 0.3 is 6.18 Å². The largest absolute Gasteiger partial charge is 0.418 e. The van der Waals surface area contributed by atoms with Crippen molar-refractivity contribution in [3.8, 4) is 0 Å². The third-order valence-corrected chi connectivity index (χ3v) is 6.03. The lowest BCUT2D eigenvalue weighted by atomic mass is 10.1. The highest BCUT2D eigenvalue weighted by atomic mass is 35.5. The van der Waals surface area contributed by atoms with Gasteiger partial charge in [-0.05, 0) is 50.8 Å². The summed E-state index contributed by atoms with van der Waals surface area (Å²) in [6.45, 7) is 1.64. The third-order valence-electron chi connectivity index (χ3n) is 4.74. The first-order valence-electron chi connectivity index (χ1n) is 9.03. The molecule has 4 rings (SSSR count). The minimum atomic E-state index is -4.62. The summed E-state index contributed by atoms with van der Waals surface area (Å²) in [4.78, 5) is 12.5. The number of thioether (sulfide) groups is 1. The van der Waals surface area contributed by atoms with Crippen LogP contribution in [0, 0.1) is 0 Å². The van der Waals surface area contributed by atoms with Crippen LogP contribution in [0.1, 0.15) is 56.0 Å². The summed E-state index contributed by atoms with van der Waals surface area (Å²) >= 11 is 6.90. The second-order valence-electron chi connectivity index (χ2n) is 7.15. The molecule has 1 unspecified atom stereocenters. The molecule has 2 saturated carbocycles. The van der Waals surface area contributed by atoms with Gasteiger partial charge in [0.25, 0.3) is 0 Å². The van der Waals surface area contributed by atoms with Gasteiger partial charge in [0.2, 0.25) is 5.91 Å². The first kappa shape index (κ1) is 19.6. The van der Waals surface area contributed by atoms with E-state index >= 15 is 0 Å². The monoisotopic (exact) mass is 430 g/mol.